The number of aromatic nitrogens is 1. The van der Waals surface area contributed by atoms with Gasteiger partial charge in [-0.2, -0.15) is 0 Å². The van der Waals surface area contributed by atoms with E-state index in [0.29, 0.717) is 16.9 Å². The molecule has 5 heteroatoms. The summed E-state index contributed by atoms with van der Waals surface area (Å²) in [5, 5.41) is 0. The molecule has 0 N–H and O–H groups in total. The van der Waals surface area contributed by atoms with E-state index in [-0.39, 0.29) is 11.3 Å². The van der Waals surface area contributed by atoms with E-state index >= 15 is 0 Å². The van der Waals surface area contributed by atoms with Gasteiger partial charge in [-0.3, -0.25) is 19.0 Å². The first-order valence-electron chi connectivity index (χ1n) is 8.51. The molecule has 1 heterocycles. The van der Waals surface area contributed by atoms with Crippen LogP contribution in [0.4, 0.5) is 0 Å². The smallest absolute Gasteiger partial charge is 0.308 e. The number of ether oxygens (including phenoxy) is 1. The van der Waals surface area contributed by atoms with Gasteiger partial charge < -0.3 is 4.74 Å². The third kappa shape index (κ3) is 3.44. The number of hydrogen-bond acceptors (Lipinski definition) is 4. The Morgan fingerprint density at radius 3 is 1.96 bits per heavy atom. The summed E-state index contributed by atoms with van der Waals surface area (Å²) in [5.41, 5.74) is 1.87. The predicted octanol–water partition coefficient (Wildman–Crippen LogP) is 3.94. The minimum absolute atomic E-state index is 0.0195. The normalized spacial score (nSPS) is 10.5. The number of Topliss-reactive ketones (excluding diaryl/α,β-unsaturated/α-hetero) is 1. The fraction of sp³-hybridized carbons (Fsp3) is 0.136. The Hall–Kier alpha value is -3.47. The van der Waals surface area contributed by atoms with Gasteiger partial charge in [-0.15, -0.1) is 0 Å². The van der Waals surface area contributed by atoms with Crippen LogP contribution in [-0.2, 0) is 4.79 Å². The van der Waals surface area contributed by atoms with E-state index in [4.69, 9.17) is 4.74 Å². The number of esters is 1. The number of rotatable bonds is 4. The van der Waals surface area contributed by atoms with Gasteiger partial charge in [-0.05, 0) is 31.5 Å². The molecule has 136 valence electrons. The van der Waals surface area contributed by atoms with E-state index in [1.54, 1.807) is 19.1 Å². The standard InChI is InChI=1S/C22H19NO4/c1-14-20(17-10-6-4-7-11-17)23(18-12-8-5-9-13-18)22(26)19(15(2)24)21(14)27-16(3)25/h4-13H,1-3H3. The Morgan fingerprint density at radius 1 is 0.889 bits per heavy atom. The van der Waals surface area contributed by atoms with Crippen LogP contribution < -0.4 is 10.3 Å². The van der Waals surface area contributed by atoms with Gasteiger partial charge in [-0.25, -0.2) is 0 Å². The van der Waals surface area contributed by atoms with Gasteiger partial charge in [0.15, 0.2) is 11.5 Å². The molecule has 1 aromatic heterocycles. The first kappa shape index (κ1) is 18.3. The largest absolute Gasteiger partial charge is 0.425 e. The zero-order valence-electron chi connectivity index (χ0n) is 15.4. The summed E-state index contributed by atoms with van der Waals surface area (Å²) in [7, 11) is 0. The van der Waals surface area contributed by atoms with Crippen LogP contribution in [0.1, 0.15) is 29.8 Å². The van der Waals surface area contributed by atoms with Gasteiger partial charge in [-0.1, -0.05) is 48.5 Å². The number of pyridine rings is 1. The summed E-state index contributed by atoms with van der Waals surface area (Å²) >= 11 is 0. The molecule has 0 aliphatic rings. The van der Waals surface area contributed by atoms with E-state index < -0.39 is 17.3 Å². The van der Waals surface area contributed by atoms with Crippen LogP contribution >= 0.6 is 0 Å². The number of para-hydroxylation sites is 1. The molecular formula is C22H19NO4. The van der Waals surface area contributed by atoms with E-state index in [0.717, 1.165) is 5.56 Å². The topological polar surface area (TPSA) is 65.4 Å². The van der Waals surface area contributed by atoms with Gasteiger partial charge in [0.25, 0.3) is 5.56 Å². The van der Waals surface area contributed by atoms with Crippen molar-refractivity contribution in [3.8, 4) is 22.7 Å². The molecule has 27 heavy (non-hydrogen) atoms. The molecule has 0 unspecified atom stereocenters. The Morgan fingerprint density at radius 2 is 1.44 bits per heavy atom. The number of carbonyl (C=O) groups is 2. The van der Waals surface area contributed by atoms with E-state index in [9.17, 15) is 14.4 Å². The summed E-state index contributed by atoms with van der Waals surface area (Å²) in [6.07, 6.45) is 0. The average Bonchev–Trinajstić information content (AvgIpc) is 2.65. The third-order valence-electron chi connectivity index (χ3n) is 4.22. The second kappa shape index (κ2) is 7.41. The third-order valence-corrected chi connectivity index (χ3v) is 4.22. The highest BCUT2D eigenvalue weighted by molar-refractivity contribution is 5.98. The second-order valence-electron chi connectivity index (χ2n) is 6.17. The van der Waals surface area contributed by atoms with Gasteiger partial charge in [0, 0.05) is 18.2 Å². The van der Waals surface area contributed by atoms with Crippen LogP contribution in [-0.4, -0.2) is 16.3 Å². The van der Waals surface area contributed by atoms with Crippen LogP contribution in [0.25, 0.3) is 16.9 Å². The molecule has 5 nitrogen and oxygen atoms in total. The minimum atomic E-state index is -0.587. The lowest BCUT2D eigenvalue weighted by molar-refractivity contribution is -0.131. The Balaban J connectivity index is 2.50. The molecule has 3 rings (SSSR count). The quantitative estimate of drug-likeness (QED) is 0.521. The minimum Gasteiger partial charge on any atom is -0.425 e. The zero-order valence-corrected chi connectivity index (χ0v) is 15.4. The van der Waals surface area contributed by atoms with Gasteiger partial charge >= 0.3 is 5.97 Å². The molecule has 0 bridgehead atoms. The molecule has 0 saturated carbocycles. The molecule has 0 atom stereocenters. The lowest BCUT2D eigenvalue weighted by atomic mass is 10.0. The fourth-order valence-electron chi connectivity index (χ4n) is 3.12. The average molecular weight is 361 g/mol. The molecule has 2 aromatic carbocycles. The first-order valence-corrected chi connectivity index (χ1v) is 8.51. The SMILES string of the molecule is CC(=O)Oc1c(C)c(-c2ccccc2)n(-c2ccccc2)c(=O)c1C(C)=O. The highest BCUT2D eigenvalue weighted by atomic mass is 16.5. The van der Waals surface area contributed by atoms with E-state index in [2.05, 4.69) is 0 Å². The number of nitrogens with zero attached hydrogens (tertiary/aromatic N) is 1. The number of carbonyl (C=O) groups excluding carboxylic acids is 2. The summed E-state index contributed by atoms with van der Waals surface area (Å²) in [5.74, 6) is -1.02. The molecule has 0 aliphatic heterocycles. The van der Waals surface area contributed by atoms with Crippen molar-refractivity contribution < 1.29 is 14.3 Å². The number of benzene rings is 2. The van der Waals surface area contributed by atoms with Crippen molar-refractivity contribution in [2.24, 2.45) is 0 Å². The highest BCUT2D eigenvalue weighted by Crippen LogP contribution is 2.33. The maximum atomic E-state index is 13.3. The van der Waals surface area contributed by atoms with Crippen molar-refractivity contribution in [2.45, 2.75) is 20.8 Å². The highest BCUT2D eigenvalue weighted by Gasteiger charge is 2.25. The lowest BCUT2D eigenvalue weighted by Crippen LogP contribution is -2.28. The van der Waals surface area contributed by atoms with Gasteiger partial charge in [0.05, 0.1) is 5.69 Å². The van der Waals surface area contributed by atoms with Crippen molar-refractivity contribution in [2.75, 3.05) is 0 Å². The van der Waals surface area contributed by atoms with Crippen molar-refractivity contribution in [1.29, 1.82) is 0 Å². The Labute approximate surface area is 156 Å². The molecule has 0 amide bonds. The molecule has 3 aromatic rings. The van der Waals surface area contributed by atoms with Crippen LogP contribution in [0, 0.1) is 6.92 Å². The van der Waals surface area contributed by atoms with E-state index in [1.165, 1.54) is 18.4 Å². The zero-order chi connectivity index (χ0) is 19.6. The van der Waals surface area contributed by atoms with Crippen molar-refractivity contribution in [3.05, 3.63) is 82.1 Å². The maximum Gasteiger partial charge on any atom is 0.308 e. The van der Waals surface area contributed by atoms with Gasteiger partial charge in [0.2, 0.25) is 0 Å². The summed E-state index contributed by atoms with van der Waals surface area (Å²) in [6.45, 7) is 4.28. The number of hydrogen-bond donors (Lipinski definition) is 0. The van der Waals surface area contributed by atoms with Crippen LogP contribution in [0.15, 0.2) is 65.5 Å². The summed E-state index contributed by atoms with van der Waals surface area (Å²) < 4.78 is 6.79. The monoisotopic (exact) mass is 361 g/mol. The number of ketones is 1. The van der Waals surface area contributed by atoms with Crippen molar-refractivity contribution in [3.63, 3.8) is 0 Å². The molecule has 0 aliphatic carbocycles. The van der Waals surface area contributed by atoms with Crippen LogP contribution in [0.3, 0.4) is 0 Å². The van der Waals surface area contributed by atoms with Crippen molar-refractivity contribution >= 4 is 11.8 Å². The summed E-state index contributed by atoms with van der Waals surface area (Å²) in [4.78, 5) is 37.2. The molecule has 0 spiro atoms. The Kier molecular flexibility index (Phi) is 5.03. The second-order valence-corrected chi connectivity index (χ2v) is 6.17. The van der Waals surface area contributed by atoms with Crippen LogP contribution in [0.5, 0.6) is 5.75 Å². The lowest BCUT2D eigenvalue weighted by Gasteiger charge is -2.20. The first-order chi connectivity index (χ1) is 12.9. The van der Waals surface area contributed by atoms with Crippen molar-refractivity contribution in [1.82, 2.24) is 4.57 Å². The van der Waals surface area contributed by atoms with Gasteiger partial charge in [0.1, 0.15) is 5.56 Å². The predicted molar refractivity (Wildman–Crippen MR) is 104 cm³/mol. The van der Waals surface area contributed by atoms with E-state index in [1.807, 2.05) is 48.5 Å². The summed E-state index contributed by atoms with van der Waals surface area (Å²) in [6, 6.07) is 18.4. The maximum absolute atomic E-state index is 13.3. The van der Waals surface area contributed by atoms with Crippen LogP contribution in [0.2, 0.25) is 0 Å². The Bertz CT molecular complexity index is 1070. The fourth-order valence-corrected chi connectivity index (χ4v) is 3.12. The molecule has 0 saturated heterocycles. The molecular weight excluding hydrogens is 342 g/mol. The molecule has 0 fully saturated rings. The molecule has 0 radical (unpaired) electrons.